The van der Waals surface area contributed by atoms with Crippen molar-refractivity contribution in [3.05, 3.63) is 0 Å². The Labute approximate surface area is 134 Å². The molecule has 130 valence electrons. The molecule has 2 aliphatic carbocycles. The van der Waals surface area contributed by atoms with Crippen LogP contribution in [0.25, 0.3) is 0 Å². The molecule has 0 aromatic heterocycles. The number of hydrogen-bond donors (Lipinski definition) is 4. The van der Waals surface area contributed by atoms with Crippen LogP contribution in [0.3, 0.4) is 0 Å². The molecule has 22 heavy (non-hydrogen) atoms. The molecule has 0 heterocycles. The van der Waals surface area contributed by atoms with E-state index in [0.717, 1.165) is 51.4 Å². The van der Waals surface area contributed by atoms with Crippen LogP contribution in [0.15, 0.2) is 0 Å². The molecule has 4 heteroatoms. The number of hydrogen-bond acceptors (Lipinski definition) is 4. The normalized spacial score (nSPS) is 42.8. The molecule has 0 spiro atoms. The van der Waals surface area contributed by atoms with E-state index in [0.29, 0.717) is 23.7 Å². The van der Waals surface area contributed by atoms with Crippen molar-refractivity contribution in [3.8, 4) is 0 Å². The van der Waals surface area contributed by atoms with Gasteiger partial charge in [0.15, 0.2) is 0 Å². The molecule has 0 aromatic carbocycles. The van der Waals surface area contributed by atoms with Gasteiger partial charge in [0, 0.05) is 0 Å². The first kappa shape index (κ1) is 18.2. The van der Waals surface area contributed by atoms with Gasteiger partial charge in [-0.05, 0) is 75.0 Å². The lowest BCUT2D eigenvalue weighted by atomic mass is 9.74. The minimum atomic E-state index is -0.545. The van der Waals surface area contributed by atoms with Gasteiger partial charge in [0.2, 0.25) is 0 Å². The summed E-state index contributed by atoms with van der Waals surface area (Å²) in [5, 5.41) is 38.8. The summed E-state index contributed by atoms with van der Waals surface area (Å²) < 4.78 is 0. The third kappa shape index (κ3) is 4.92. The first-order chi connectivity index (χ1) is 10.4. The summed E-state index contributed by atoms with van der Waals surface area (Å²) in [7, 11) is 0. The van der Waals surface area contributed by atoms with E-state index in [4.69, 9.17) is 0 Å². The van der Waals surface area contributed by atoms with E-state index < -0.39 is 24.4 Å². The van der Waals surface area contributed by atoms with Crippen LogP contribution in [0, 0.1) is 23.7 Å². The van der Waals surface area contributed by atoms with Crippen molar-refractivity contribution in [3.63, 3.8) is 0 Å². The Balaban J connectivity index is 1.74. The predicted molar refractivity (Wildman–Crippen MR) is 86.3 cm³/mol. The van der Waals surface area contributed by atoms with Gasteiger partial charge in [0.25, 0.3) is 0 Å². The van der Waals surface area contributed by atoms with Gasteiger partial charge >= 0.3 is 0 Å². The second-order valence-corrected chi connectivity index (χ2v) is 8.05. The fourth-order valence-corrected chi connectivity index (χ4v) is 4.37. The maximum absolute atomic E-state index is 9.81. The fourth-order valence-electron chi connectivity index (χ4n) is 4.37. The SMILES string of the molecule is CC(CC1CCC(O)C(O)C1)C(C)CC1CCC(O)C(O)C1. The molecule has 0 saturated heterocycles. The zero-order valence-electron chi connectivity index (χ0n) is 14.1. The molecule has 0 aromatic rings. The summed E-state index contributed by atoms with van der Waals surface area (Å²) in [6, 6.07) is 0. The molecule has 4 nitrogen and oxygen atoms in total. The van der Waals surface area contributed by atoms with E-state index >= 15 is 0 Å². The van der Waals surface area contributed by atoms with Crippen molar-refractivity contribution in [2.75, 3.05) is 0 Å². The molecule has 0 aliphatic heterocycles. The molecule has 2 aliphatic rings. The van der Waals surface area contributed by atoms with E-state index in [1.165, 1.54) is 0 Å². The van der Waals surface area contributed by atoms with E-state index in [9.17, 15) is 20.4 Å². The van der Waals surface area contributed by atoms with Gasteiger partial charge in [-0.25, -0.2) is 0 Å². The minimum Gasteiger partial charge on any atom is -0.390 e. The van der Waals surface area contributed by atoms with Crippen LogP contribution < -0.4 is 0 Å². The topological polar surface area (TPSA) is 80.9 Å². The molecule has 0 bridgehead atoms. The van der Waals surface area contributed by atoms with Crippen LogP contribution in [0.5, 0.6) is 0 Å². The van der Waals surface area contributed by atoms with E-state index in [-0.39, 0.29) is 0 Å². The summed E-state index contributed by atoms with van der Waals surface area (Å²) in [5.74, 6) is 2.23. The van der Waals surface area contributed by atoms with Crippen molar-refractivity contribution >= 4 is 0 Å². The molecule has 0 radical (unpaired) electrons. The maximum atomic E-state index is 9.81. The van der Waals surface area contributed by atoms with Gasteiger partial charge < -0.3 is 20.4 Å². The van der Waals surface area contributed by atoms with E-state index in [2.05, 4.69) is 13.8 Å². The monoisotopic (exact) mass is 314 g/mol. The Kier molecular flexibility index (Phi) is 6.69. The van der Waals surface area contributed by atoms with Gasteiger partial charge in [-0.15, -0.1) is 0 Å². The lowest BCUT2D eigenvalue weighted by molar-refractivity contribution is -0.0336. The maximum Gasteiger partial charge on any atom is 0.0801 e. The predicted octanol–water partition coefficient (Wildman–Crippen LogP) is 2.08. The summed E-state index contributed by atoms with van der Waals surface area (Å²) in [6.07, 6.45) is 5.02. The number of rotatable bonds is 5. The Bertz CT molecular complexity index is 303. The quantitative estimate of drug-likeness (QED) is 0.626. The van der Waals surface area contributed by atoms with E-state index in [1.807, 2.05) is 0 Å². The first-order valence-electron chi connectivity index (χ1n) is 9.09. The zero-order chi connectivity index (χ0) is 16.3. The molecule has 0 amide bonds. The Morgan fingerprint density at radius 3 is 1.32 bits per heavy atom. The zero-order valence-corrected chi connectivity index (χ0v) is 14.1. The highest BCUT2D eigenvalue weighted by atomic mass is 16.3. The van der Waals surface area contributed by atoms with Crippen LogP contribution in [0.4, 0.5) is 0 Å². The van der Waals surface area contributed by atoms with Crippen LogP contribution in [0.2, 0.25) is 0 Å². The summed E-state index contributed by atoms with van der Waals surface area (Å²) in [4.78, 5) is 0. The highest BCUT2D eigenvalue weighted by Gasteiger charge is 2.32. The fraction of sp³-hybridized carbons (Fsp3) is 1.00. The van der Waals surface area contributed by atoms with Crippen molar-refractivity contribution in [1.82, 2.24) is 0 Å². The highest BCUT2D eigenvalue weighted by Crippen LogP contribution is 2.36. The van der Waals surface area contributed by atoms with Crippen LogP contribution in [-0.4, -0.2) is 44.8 Å². The Morgan fingerprint density at radius 2 is 1.00 bits per heavy atom. The Hall–Kier alpha value is -0.160. The third-order valence-corrected chi connectivity index (χ3v) is 6.16. The van der Waals surface area contributed by atoms with Crippen molar-refractivity contribution in [2.24, 2.45) is 23.7 Å². The summed E-state index contributed by atoms with van der Waals surface area (Å²) in [5.41, 5.74) is 0. The lowest BCUT2D eigenvalue weighted by Gasteiger charge is -2.35. The minimum absolute atomic E-state index is 0.523. The molecular weight excluding hydrogens is 280 g/mol. The number of aliphatic hydroxyl groups is 4. The molecular formula is C18H34O4. The second-order valence-electron chi connectivity index (χ2n) is 8.05. The van der Waals surface area contributed by atoms with Gasteiger partial charge in [0.1, 0.15) is 0 Å². The van der Waals surface area contributed by atoms with Crippen LogP contribution >= 0.6 is 0 Å². The Morgan fingerprint density at radius 1 is 0.636 bits per heavy atom. The third-order valence-electron chi connectivity index (χ3n) is 6.16. The largest absolute Gasteiger partial charge is 0.390 e. The average Bonchev–Trinajstić information content (AvgIpc) is 2.46. The van der Waals surface area contributed by atoms with Crippen molar-refractivity contribution in [1.29, 1.82) is 0 Å². The standard InChI is InChI=1S/C18H34O4/c1-11(7-13-3-5-15(19)17(21)9-13)12(2)8-14-4-6-16(20)18(22)10-14/h11-22H,3-10H2,1-2H3. The van der Waals surface area contributed by atoms with Gasteiger partial charge in [0.05, 0.1) is 24.4 Å². The van der Waals surface area contributed by atoms with E-state index in [1.54, 1.807) is 0 Å². The molecule has 2 rings (SSSR count). The molecule has 2 saturated carbocycles. The van der Waals surface area contributed by atoms with Gasteiger partial charge in [-0.1, -0.05) is 13.8 Å². The number of aliphatic hydroxyl groups excluding tert-OH is 4. The molecule has 8 atom stereocenters. The highest BCUT2D eigenvalue weighted by molar-refractivity contribution is 4.83. The lowest BCUT2D eigenvalue weighted by Crippen LogP contribution is -2.35. The molecule has 2 fully saturated rings. The van der Waals surface area contributed by atoms with Gasteiger partial charge in [-0.3, -0.25) is 0 Å². The summed E-state index contributed by atoms with van der Waals surface area (Å²) >= 11 is 0. The smallest absolute Gasteiger partial charge is 0.0801 e. The summed E-state index contributed by atoms with van der Waals surface area (Å²) in [6.45, 7) is 4.58. The van der Waals surface area contributed by atoms with Gasteiger partial charge in [-0.2, -0.15) is 0 Å². The van der Waals surface area contributed by atoms with Crippen LogP contribution in [0.1, 0.15) is 65.2 Å². The molecule has 4 N–H and O–H groups in total. The molecule has 8 unspecified atom stereocenters. The first-order valence-corrected chi connectivity index (χ1v) is 9.09. The van der Waals surface area contributed by atoms with Crippen LogP contribution in [-0.2, 0) is 0 Å². The van der Waals surface area contributed by atoms with Crippen molar-refractivity contribution in [2.45, 2.75) is 89.6 Å². The average molecular weight is 314 g/mol. The van der Waals surface area contributed by atoms with Crippen molar-refractivity contribution < 1.29 is 20.4 Å². The second kappa shape index (κ2) is 8.09.